The van der Waals surface area contributed by atoms with Crippen molar-refractivity contribution in [3.63, 3.8) is 0 Å². The summed E-state index contributed by atoms with van der Waals surface area (Å²) in [5.41, 5.74) is 0.777. The van der Waals surface area contributed by atoms with Gasteiger partial charge in [0.2, 0.25) is 0 Å². The standard InChI is InChI=1S/C14H8BrNO2S2/c15-12-7-6-10(18-12)8-11-13(17)16(14(19)20-11)9-4-2-1-3-5-9/h1-8H. The summed E-state index contributed by atoms with van der Waals surface area (Å²) in [4.78, 5) is 14.5. The number of halogens is 1. The number of hydrogen-bond donors (Lipinski definition) is 0. The van der Waals surface area contributed by atoms with Gasteiger partial charge in [-0.3, -0.25) is 9.69 Å². The molecule has 1 aromatic heterocycles. The van der Waals surface area contributed by atoms with E-state index in [0.29, 0.717) is 19.7 Å². The fraction of sp³-hybridized carbons (Fsp3) is 0. The van der Waals surface area contributed by atoms with Crippen LogP contribution in [0.2, 0.25) is 0 Å². The van der Waals surface area contributed by atoms with E-state index in [1.165, 1.54) is 16.7 Å². The number of hydrogen-bond acceptors (Lipinski definition) is 4. The summed E-state index contributed by atoms with van der Waals surface area (Å²) in [5.74, 6) is 0.490. The molecule has 2 aromatic rings. The van der Waals surface area contributed by atoms with Crippen LogP contribution in [0, 0.1) is 0 Å². The van der Waals surface area contributed by atoms with E-state index in [4.69, 9.17) is 16.6 Å². The van der Waals surface area contributed by atoms with E-state index in [1.54, 1.807) is 18.2 Å². The Balaban J connectivity index is 1.93. The summed E-state index contributed by atoms with van der Waals surface area (Å²) in [6.07, 6.45) is 1.70. The molecule has 1 saturated heterocycles. The number of anilines is 1. The Bertz CT molecular complexity index is 709. The lowest BCUT2D eigenvalue weighted by atomic mass is 10.3. The monoisotopic (exact) mass is 365 g/mol. The molecule has 0 saturated carbocycles. The molecule has 0 N–H and O–H groups in total. The van der Waals surface area contributed by atoms with Crippen molar-refractivity contribution in [2.45, 2.75) is 0 Å². The zero-order valence-electron chi connectivity index (χ0n) is 10.1. The second-order valence-corrected chi connectivity index (χ2v) is 6.45. The molecule has 0 radical (unpaired) electrons. The van der Waals surface area contributed by atoms with E-state index in [-0.39, 0.29) is 5.91 Å². The van der Waals surface area contributed by atoms with E-state index >= 15 is 0 Å². The summed E-state index contributed by atoms with van der Waals surface area (Å²) in [7, 11) is 0. The molecule has 3 nitrogen and oxygen atoms in total. The maximum absolute atomic E-state index is 12.4. The smallest absolute Gasteiger partial charge is 0.270 e. The Kier molecular flexibility index (Phi) is 3.78. The minimum Gasteiger partial charge on any atom is -0.450 e. The highest BCUT2D eigenvalue weighted by atomic mass is 79.9. The molecule has 0 spiro atoms. The van der Waals surface area contributed by atoms with Crippen LogP contribution in [0.3, 0.4) is 0 Å². The first-order valence-corrected chi connectivity index (χ1v) is 7.75. The predicted molar refractivity (Wildman–Crippen MR) is 88.5 cm³/mol. The number of carbonyl (C=O) groups excluding carboxylic acids is 1. The normalized spacial score (nSPS) is 17.2. The molecule has 1 aliphatic heterocycles. The summed E-state index contributed by atoms with van der Waals surface area (Å²) in [6.45, 7) is 0. The molecule has 0 atom stereocenters. The van der Waals surface area contributed by atoms with Crippen molar-refractivity contribution in [2.24, 2.45) is 0 Å². The highest BCUT2D eigenvalue weighted by molar-refractivity contribution is 9.10. The Morgan fingerprint density at radius 3 is 2.60 bits per heavy atom. The van der Waals surface area contributed by atoms with E-state index < -0.39 is 0 Å². The number of furan rings is 1. The van der Waals surface area contributed by atoms with E-state index in [2.05, 4.69) is 15.9 Å². The third-order valence-electron chi connectivity index (χ3n) is 2.68. The first kappa shape index (κ1) is 13.6. The second kappa shape index (κ2) is 5.55. The number of thioether (sulfide) groups is 1. The lowest BCUT2D eigenvalue weighted by Gasteiger charge is -2.13. The third-order valence-corrected chi connectivity index (χ3v) is 4.40. The number of carbonyl (C=O) groups is 1. The summed E-state index contributed by atoms with van der Waals surface area (Å²) in [6, 6.07) is 12.9. The molecule has 2 heterocycles. The fourth-order valence-electron chi connectivity index (χ4n) is 1.80. The summed E-state index contributed by atoms with van der Waals surface area (Å²) in [5, 5.41) is 0. The first-order valence-electron chi connectivity index (χ1n) is 5.73. The number of benzene rings is 1. The lowest BCUT2D eigenvalue weighted by Crippen LogP contribution is -2.27. The molecular weight excluding hydrogens is 358 g/mol. The van der Waals surface area contributed by atoms with Crippen LogP contribution < -0.4 is 4.90 Å². The molecular formula is C14H8BrNO2S2. The molecule has 0 bridgehead atoms. The first-order chi connectivity index (χ1) is 9.65. The number of amides is 1. The van der Waals surface area contributed by atoms with Gasteiger partial charge in [0.25, 0.3) is 5.91 Å². The molecule has 1 amide bonds. The molecule has 1 aromatic carbocycles. The Morgan fingerprint density at radius 1 is 1.20 bits per heavy atom. The maximum atomic E-state index is 12.4. The SMILES string of the molecule is O=C1C(=Cc2ccc(Br)o2)SC(=S)N1c1ccccc1. The van der Waals surface area contributed by atoms with Crippen LogP contribution in [-0.4, -0.2) is 10.2 Å². The second-order valence-electron chi connectivity index (χ2n) is 3.99. The van der Waals surface area contributed by atoms with Gasteiger partial charge in [-0.1, -0.05) is 42.2 Å². The molecule has 6 heteroatoms. The van der Waals surface area contributed by atoms with Crippen LogP contribution in [0.15, 0.2) is 56.5 Å². The van der Waals surface area contributed by atoms with Crippen LogP contribution in [0.4, 0.5) is 5.69 Å². The molecule has 20 heavy (non-hydrogen) atoms. The quantitative estimate of drug-likeness (QED) is 0.581. The molecule has 0 unspecified atom stereocenters. The highest BCUT2D eigenvalue weighted by Crippen LogP contribution is 2.36. The Labute approximate surface area is 133 Å². The number of thiocarbonyl (C=S) groups is 1. The molecule has 100 valence electrons. The van der Waals surface area contributed by atoms with Crippen LogP contribution >= 0.6 is 39.9 Å². The van der Waals surface area contributed by atoms with Gasteiger partial charge in [-0.2, -0.15) is 0 Å². The van der Waals surface area contributed by atoms with Crippen LogP contribution in [0.5, 0.6) is 0 Å². The van der Waals surface area contributed by atoms with Crippen molar-refractivity contribution in [2.75, 3.05) is 4.90 Å². The van der Waals surface area contributed by atoms with Crippen LogP contribution in [0.25, 0.3) is 6.08 Å². The summed E-state index contributed by atoms with van der Waals surface area (Å²) < 4.78 is 6.54. The van der Waals surface area contributed by atoms with Crippen LogP contribution in [0.1, 0.15) is 5.76 Å². The van der Waals surface area contributed by atoms with Gasteiger partial charge >= 0.3 is 0 Å². The van der Waals surface area contributed by atoms with E-state index in [1.807, 2.05) is 30.3 Å². The molecule has 1 aliphatic rings. The largest absolute Gasteiger partial charge is 0.450 e. The highest BCUT2D eigenvalue weighted by Gasteiger charge is 2.33. The van der Waals surface area contributed by atoms with Crippen molar-refractivity contribution in [3.05, 3.63) is 57.8 Å². The summed E-state index contributed by atoms with van der Waals surface area (Å²) >= 11 is 9.79. The average Bonchev–Trinajstić information content (AvgIpc) is 2.96. The van der Waals surface area contributed by atoms with Crippen molar-refractivity contribution >= 4 is 61.9 Å². The topological polar surface area (TPSA) is 33.5 Å². The van der Waals surface area contributed by atoms with Gasteiger partial charge in [0.15, 0.2) is 8.99 Å². The average molecular weight is 366 g/mol. The van der Waals surface area contributed by atoms with Gasteiger partial charge in [0, 0.05) is 6.08 Å². The predicted octanol–water partition coefficient (Wildman–Crippen LogP) is 4.45. The van der Waals surface area contributed by atoms with Crippen molar-refractivity contribution in [1.82, 2.24) is 0 Å². The van der Waals surface area contributed by atoms with E-state index in [9.17, 15) is 4.79 Å². The lowest BCUT2D eigenvalue weighted by molar-refractivity contribution is -0.113. The van der Waals surface area contributed by atoms with Gasteiger partial charge in [-0.05, 0) is 40.2 Å². The number of para-hydroxylation sites is 1. The molecule has 3 rings (SSSR count). The fourth-order valence-corrected chi connectivity index (χ4v) is 3.40. The zero-order chi connectivity index (χ0) is 14.1. The minimum absolute atomic E-state index is 0.126. The van der Waals surface area contributed by atoms with Gasteiger partial charge in [-0.25, -0.2) is 0 Å². The maximum Gasteiger partial charge on any atom is 0.270 e. The van der Waals surface area contributed by atoms with Crippen molar-refractivity contribution < 1.29 is 9.21 Å². The Morgan fingerprint density at radius 2 is 1.95 bits per heavy atom. The molecule has 0 aliphatic carbocycles. The third kappa shape index (κ3) is 2.59. The number of nitrogens with zero attached hydrogens (tertiary/aromatic N) is 1. The van der Waals surface area contributed by atoms with Gasteiger partial charge in [0.1, 0.15) is 5.76 Å². The Hall–Kier alpha value is -1.37. The minimum atomic E-state index is -0.126. The number of rotatable bonds is 2. The van der Waals surface area contributed by atoms with Gasteiger partial charge < -0.3 is 4.42 Å². The van der Waals surface area contributed by atoms with E-state index in [0.717, 1.165) is 5.69 Å². The van der Waals surface area contributed by atoms with Gasteiger partial charge in [-0.15, -0.1) is 0 Å². The van der Waals surface area contributed by atoms with Gasteiger partial charge in [0.05, 0.1) is 10.6 Å². The van der Waals surface area contributed by atoms with Crippen molar-refractivity contribution in [3.8, 4) is 0 Å². The molecule has 1 fully saturated rings. The zero-order valence-corrected chi connectivity index (χ0v) is 13.3. The van der Waals surface area contributed by atoms with Crippen LogP contribution in [-0.2, 0) is 4.79 Å². The van der Waals surface area contributed by atoms with Crippen molar-refractivity contribution in [1.29, 1.82) is 0 Å².